The third-order valence-corrected chi connectivity index (χ3v) is 4.24. The summed E-state index contributed by atoms with van der Waals surface area (Å²) in [6.45, 7) is 3.04. The molecule has 1 aromatic heterocycles. The Morgan fingerprint density at radius 2 is 2.10 bits per heavy atom. The Bertz CT molecular complexity index is 666. The van der Waals surface area contributed by atoms with Gasteiger partial charge in [-0.05, 0) is 38.0 Å². The fraction of sp³-hybridized carbons (Fsp3) is 0.438. The van der Waals surface area contributed by atoms with Crippen molar-refractivity contribution in [1.82, 2.24) is 9.97 Å². The SMILES string of the molecule is CCN(c1ncnc2cc(C(=O)O)ccc12)C1CCCC1. The average molecular weight is 285 g/mol. The number of carbonyl (C=O) groups is 1. The number of fused-ring (bicyclic) bond motifs is 1. The second kappa shape index (κ2) is 5.68. The molecule has 0 unspecified atom stereocenters. The molecule has 1 aliphatic rings. The molecule has 0 bridgehead atoms. The van der Waals surface area contributed by atoms with Crippen molar-refractivity contribution in [3.8, 4) is 0 Å². The molecular weight excluding hydrogens is 266 g/mol. The fourth-order valence-corrected chi connectivity index (χ4v) is 3.20. The predicted octanol–water partition coefficient (Wildman–Crippen LogP) is 3.10. The van der Waals surface area contributed by atoms with Crippen LogP contribution in [0.5, 0.6) is 0 Å². The number of hydrogen-bond donors (Lipinski definition) is 1. The minimum atomic E-state index is -0.930. The van der Waals surface area contributed by atoms with Gasteiger partial charge in [0.05, 0.1) is 11.1 Å². The molecule has 0 saturated heterocycles. The highest BCUT2D eigenvalue weighted by Crippen LogP contribution is 2.31. The summed E-state index contributed by atoms with van der Waals surface area (Å²) in [7, 11) is 0. The third-order valence-electron chi connectivity index (χ3n) is 4.24. The van der Waals surface area contributed by atoms with Crippen LogP contribution in [0.2, 0.25) is 0 Å². The Morgan fingerprint density at radius 3 is 2.76 bits per heavy atom. The van der Waals surface area contributed by atoms with Gasteiger partial charge in [0, 0.05) is 18.0 Å². The van der Waals surface area contributed by atoms with Crippen molar-refractivity contribution in [3.05, 3.63) is 30.1 Å². The number of hydrogen-bond acceptors (Lipinski definition) is 4. The molecule has 0 spiro atoms. The number of aromatic carboxylic acids is 1. The lowest BCUT2D eigenvalue weighted by molar-refractivity contribution is 0.0697. The second-order valence-electron chi connectivity index (χ2n) is 5.46. The first-order valence-electron chi connectivity index (χ1n) is 7.45. The van der Waals surface area contributed by atoms with Crippen LogP contribution in [0.4, 0.5) is 5.82 Å². The Kier molecular flexibility index (Phi) is 3.73. The standard InChI is InChI=1S/C16H19N3O2/c1-2-19(12-5-3-4-6-12)15-13-8-7-11(16(20)21)9-14(13)17-10-18-15/h7-10,12H,2-6H2,1H3,(H,20,21). The quantitative estimate of drug-likeness (QED) is 0.935. The van der Waals surface area contributed by atoms with Gasteiger partial charge in [-0.2, -0.15) is 0 Å². The van der Waals surface area contributed by atoms with Crippen LogP contribution in [-0.4, -0.2) is 33.6 Å². The van der Waals surface area contributed by atoms with Gasteiger partial charge in [-0.15, -0.1) is 0 Å². The first-order chi connectivity index (χ1) is 10.2. The summed E-state index contributed by atoms with van der Waals surface area (Å²) in [4.78, 5) is 22.1. The van der Waals surface area contributed by atoms with Crippen LogP contribution in [0.15, 0.2) is 24.5 Å². The fourth-order valence-electron chi connectivity index (χ4n) is 3.20. The molecule has 1 heterocycles. The van der Waals surface area contributed by atoms with Crippen LogP contribution in [0.3, 0.4) is 0 Å². The van der Waals surface area contributed by atoms with Gasteiger partial charge in [0.15, 0.2) is 0 Å². The Balaban J connectivity index is 2.07. The molecule has 5 nitrogen and oxygen atoms in total. The van der Waals surface area contributed by atoms with Gasteiger partial charge in [0.1, 0.15) is 12.1 Å². The summed E-state index contributed by atoms with van der Waals surface area (Å²) >= 11 is 0. The monoisotopic (exact) mass is 285 g/mol. The molecule has 1 aliphatic carbocycles. The topological polar surface area (TPSA) is 66.3 Å². The van der Waals surface area contributed by atoms with E-state index in [1.165, 1.54) is 32.0 Å². The largest absolute Gasteiger partial charge is 0.478 e. The summed E-state index contributed by atoms with van der Waals surface area (Å²) in [6.07, 6.45) is 6.47. The Labute approximate surface area is 123 Å². The molecule has 21 heavy (non-hydrogen) atoms. The van der Waals surface area contributed by atoms with Crippen molar-refractivity contribution in [1.29, 1.82) is 0 Å². The second-order valence-corrected chi connectivity index (χ2v) is 5.46. The zero-order valence-electron chi connectivity index (χ0n) is 12.1. The van der Waals surface area contributed by atoms with E-state index < -0.39 is 5.97 Å². The predicted molar refractivity (Wildman–Crippen MR) is 81.8 cm³/mol. The van der Waals surface area contributed by atoms with E-state index in [1.807, 2.05) is 6.07 Å². The van der Waals surface area contributed by atoms with E-state index in [2.05, 4.69) is 21.8 Å². The maximum absolute atomic E-state index is 11.1. The van der Waals surface area contributed by atoms with E-state index >= 15 is 0 Å². The minimum absolute atomic E-state index is 0.260. The molecule has 5 heteroatoms. The minimum Gasteiger partial charge on any atom is -0.478 e. The number of anilines is 1. The zero-order valence-corrected chi connectivity index (χ0v) is 12.1. The highest BCUT2D eigenvalue weighted by atomic mass is 16.4. The number of carboxylic acids is 1. The van der Waals surface area contributed by atoms with Crippen LogP contribution in [0.25, 0.3) is 10.9 Å². The molecule has 0 aliphatic heterocycles. The number of aromatic nitrogens is 2. The maximum Gasteiger partial charge on any atom is 0.335 e. The van der Waals surface area contributed by atoms with Gasteiger partial charge >= 0.3 is 5.97 Å². The summed E-state index contributed by atoms with van der Waals surface area (Å²) < 4.78 is 0. The highest BCUT2D eigenvalue weighted by Gasteiger charge is 2.24. The first-order valence-corrected chi connectivity index (χ1v) is 7.45. The number of benzene rings is 1. The van der Waals surface area contributed by atoms with Gasteiger partial charge in [-0.1, -0.05) is 12.8 Å². The van der Waals surface area contributed by atoms with Crippen molar-refractivity contribution < 1.29 is 9.90 Å². The van der Waals surface area contributed by atoms with Crippen molar-refractivity contribution in [2.75, 3.05) is 11.4 Å². The molecule has 0 amide bonds. The average Bonchev–Trinajstić information content (AvgIpc) is 3.01. The molecular formula is C16H19N3O2. The highest BCUT2D eigenvalue weighted by molar-refractivity contribution is 5.96. The third kappa shape index (κ3) is 2.55. The lowest BCUT2D eigenvalue weighted by Crippen LogP contribution is -2.33. The summed E-state index contributed by atoms with van der Waals surface area (Å²) in [5, 5.41) is 10.0. The van der Waals surface area contributed by atoms with Crippen LogP contribution in [-0.2, 0) is 0 Å². The van der Waals surface area contributed by atoms with Gasteiger partial charge < -0.3 is 10.0 Å². The molecule has 3 rings (SSSR count). The molecule has 2 aromatic rings. The van der Waals surface area contributed by atoms with Crippen molar-refractivity contribution in [2.45, 2.75) is 38.6 Å². The molecule has 1 fully saturated rings. The van der Waals surface area contributed by atoms with Gasteiger partial charge in [0.25, 0.3) is 0 Å². The molecule has 0 radical (unpaired) electrons. The Hall–Kier alpha value is -2.17. The normalized spacial score (nSPS) is 15.5. The van der Waals surface area contributed by atoms with E-state index in [-0.39, 0.29) is 5.56 Å². The van der Waals surface area contributed by atoms with E-state index in [9.17, 15) is 4.79 Å². The zero-order chi connectivity index (χ0) is 14.8. The lowest BCUT2D eigenvalue weighted by Gasteiger charge is -2.29. The summed E-state index contributed by atoms with van der Waals surface area (Å²) in [5.41, 5.74) is 0.951. The van der Waals surface area contributed by atoms with Crippen molar-refractivity contribution >= 4 is 22.7 Å². The van der Waals surface area contributed by atoms with Crippen LogP contribution in [0, 0.1) is 0 Å². The van der Waals surface area contributed by atoms with Gasteiger partial charge in [-0.3, -0.25) is 0 Å². The van der Waals surface area contributed by atoms with Crippen molar-refractivity contribution in [2.24, 2.45) is 0 Å². The van der Waals surface area contributed by atoms with Crippen LogP contribution in [0.1, 0.15) is 43.0 Å². The molecule has 1 N–H and O–H groups in total. The van der Waals surface area contributed by atoms with Gasteiger partial charge in [-0.25, -0.2) is 14.8 Å². The van der Waals surface area contributed by atoms with E-state index in [0.717, 1.165) is 17.7 Å². The smallest absolute Gasteiger partial charge is 0.335 e. The number of nitrogens with zero attached hydrogens (tertiary/aromatic N) is 3. The molecule has 110 valence electrons. The van der Waals surface area contributed by atoms with Crippen molar-refractivity contribution in [3.63, 3.8) is 0 Å². The summed E-state index contributed by atoms with van der Waals surface area (Å²) in [5.74, 6) is -0.00783. The lowest BCUT2D eigenvalue weighted by atomic mass is 10.1. The van der Waals surface area contributed by atoms with E-state index in [4.69, 9.17) is 5.11 Å². The number of carboxylic acid groups (broad SMARTS) is 1. The summed E-state index contributed by atoms with van der Waals surface area (Å²) in [6, 6.07) is 5.60. The first kappa shape index (κ1) is 13.8. The molecule has 0 atom stereocenters. The van der Waals surface area contributed by atoms with E-state index in [1.54, 1.807) is 12.1 Å². The van der Waals surface area contributed by atoms with E-state index in [0.29, 0.717) is 11.6 Å². The van der Waals surface area contributed by atoms with Gasteiger partial charge in [0.2, 0.25) is 0 Å². The number of rotatable bonds is 4. The van der Waals surface area contributed by atoms with Crippen LogP contribution >= 0.6 is 0 Å². The maximum atomic E-state index is 11.1. The molecule has 1 saturated carbocycles. The Morgan fingerprint density at radius 1 is 1.33 bits per heavy atom. The van der Waals surface area contributed by atoms with Crippen LogP contribution < -0.4 is 4.90 Å². The molecule has 1 aromatic carbocycles.